The first kappa shape index (κ1) is 10.6. The van der Waals surface area contributed by atoms with Crippen molar-refractivity contribution in [1.82, 2.24) is 0 Å². The van der Waals surface area contributed by atoms with Crippen LogP contribution in [0.3, 0.4) is 0 Å². The lowest BCUT2D eigenvalue weighted by Crippen LogP contribution is -2.23. The monoisotopic (exact) mass is 211 g/mol. The van der Waals surface area contributed by atoms with Gasteiger partial charge in [0.2, 0.25) is 0 Å². The summed E-state index contributed by atoms with van der Waals surface area (Å²) in [6.45, 7) is 3.50. The average molecular weight is 212 g/mol. The fourth-order valence-corrected chi connectivity index (χ4v) is 0.972. The summed E-state index contributed by atoms with van der Waals surface area (Å²) < 4.78 is 5.11. The number of aromatic carboxylic acids is 1. The van der Waals surface area contributed by atoms with Crippen LogP contribution in [0.15, 0.2) is 35.9 Å². The summed E-state index contributed by atoms with van der Waals surface area (Å²) in [5.74, 6) is -1.05. The lowest BCUT2D eigenvalue weighted by Gasteiger charge is -2.10. The summed E-state index contributed by atoms with van der Waals surface area (Å²) in [5.41, 5.74) is 0.00502. The highest BCUT2D eigenvalue weighted by atomic mass is 35.5. The molecule has 0 heterocycles. The molecule has 0 fully saturated rings. The van der Waals surface area contributed by atoms with Gasteiger partial charge in [0.1, 0.15) is 12.4 Å². The smallest absolute Gasteiger partial charge is 0.128 e. The number of hydrogen-bond acceptors (Lipinski definition) is 3. The summed E-state index contributed by atoms with van der Waals surface area (Å²) in [5, 5.41) is 10.9. The zero-order valence-corrected chi connectivity index (χ0v) is 8.08. The van der Waals surface area contributed by atoms with E-state index >= 15 is 0 Å². The summed E-state index contributed by atoms with van der Waals surface area (Å²) in [7, 11) is 0. The van der Waals surface area contributed by atoms with E-state index in [1.165, 1.54) is 12.1 Å². The van der Waals surface area contributed by atoms with Crippen molar-refractivity contribution in [2.75, 3.05) is 6.61 Å². The van der Waals surface area contributed by atoms with Crippen LogP contribution in [0.1, 0.15) is 10.4 Å². The first-order chi connectivity index (χ1) is 6.61. The molecule has 0 aliphatic rings. The van der Waals surface area contributed by atoms with Crippen LogP contribution < -0.4 is 9.84 Å². The first-order valence-electron chi connectivity index (χ1n) is 3.87. The number of carboxylic acid groups (broad SMARTS) is 1. The van der Waals surface area contributed by atoms with E-state index in [2.05, 4.69) is 6.58 Å². The topological polar surface area (TPSA) is 49.4 Å². The Bertz CT molecular complexity index is 360. The number of carboxylic acids is 1. The molecule has 0 radical (unpaired) electrons. The molecule has 0 unspecified atom stereocenters. The number of ether oxygens (including phenoxy) is 1. The number of para-hydroxylation sites is 1. The molecule has 0 aromatic heterocycles. The summed E-state index contributed by atoms with van der Waals surface area (Å²) >= 11 is 5.48. The predicted molar refractivity (Wildman–Crippen MR) is 51.3 cm³/mol. The minimum absolute atomic E-state index is 0.00502. The highest BCUT2D eigenvalue weighted by Crippen LogP contribution is 2.17. The van der Waals surface area contributed by atoms with Gasteiger partial charge in [-0.15, -0.1) is 0 Å². The van der Waals surface area contributed by atoms with E-state index in [0.717, 1.165) is 0 Å². The van der Waals surface area contributed by atoms with Gasteiger partial charge in [-0.25, -0.2) is 0 Å². The molecule has 0 N–H and O–H groups in total. The fourth-order valence-electron chi connectivity index (χ4n) is 0.917. The minimum Gasteiger partial charge on any atom is -0.545 e. The van der Waals surface area contributed by atoms with Crippen molar-refractivity contribution < 1.29 is 14.6 Å². The maximum Gasteiger partial charge on any atom is 0.128 e. The molecular formula is C10H8ClO3-. The van der Waals surface area contributed by atoms with E-state index in [4.69, 9.17) is 16.3 Å². The van der Waals surface area contributed by atoms with Crippen molar-refractivity contribution in [3.05, 3.63) is 41.4 Å². The van der Waals surface area contributed by atoms with Gasteiger partial charge in [0.05, 0.1) is 5.97 Å². The van der Waals surface area contributed by atoms with Crippen molar-refractivity contribution in [3.8, 4) is 5.75 Å². The van der Waals surface area contributed by atoms with E-state index in [9.17, 15) is 9.90 Å². The number of hydrogen-bond donors (Lipinski definition) is 0. The Morgan fingerprint density at radius 2 is 2.14 bits per heavy atom. The van der Waals surface area contributed by atoms with E-state index < -0.39 is 5.97 Å². The molecule has 3 nitrogen and oxygen atoms in total. The molecule has 0 aliphatic heterocycles. The molecule has 1 rings (SSSR count). The van der Waals surface area contributed by atoms with Gasteiger partial charge in [0, 0.05) is 10.6 Å². The highest BCUT2D eigenvalue weighted by Gasteiger charge is 2.03. The Morgan fingerprint density at radius 1 is 1.50 bits per heavy atom. The Hall–Kier alpha value is -1.48. The predicted octanol–water partition coefficient (Wildman–Crippen LogP) is 1.18. The average Bonchev–Trinajstić information content (AvgIpc) is 2.15. The van der Waals surface area contributed by atoms with Crippen LogP contribution in [0.2, 0.25) is 0 Å². The second-order valence-corrected chi connectivity index (χ2v) is 3.12. The lowest BCUT2D eigenvalue weighted by atomic mass is 10.2. The zero-order valence-electron chi connectivity index (χ0n) is 7.33. The maximum absolute atomic E-state index is 10.6. The first-order valence-corrected chi connectivity index (χ1v) is 4.25. The van der Waals surface area contributed by atoms with E-state index in [1.54, 1.807) is 12.1 Å². The minimum atomic E-state index is -1.28. The van der Waals surface area contributed by atoms with Crippen molar-refractivity contribution in [2.24, 2.45) is 0 Å². The molecule has 74 valence electrons. The molecule has 0 amide bonds. The molecule has 0 aliphatic carbocycles. The molecule has 0 saturated carbocycles. The molecule has 0 saturated heterocycles. The van der Waals surface area contributed by atoms with Gasteiger partial charge < -0.3 is 14.6 Å². The Kier molecular flexibility index (Phi) is 3.54. The Morgan fingerprint density at radius 3 is 2.71 bits per heavy atom. The molecule has 1 aromatic rings. The number of halogens is 1. The third-order valence-corrected chi connectivity index (χ3v) is 1.60. The number of carbonyl (C=O) groups excluding carboxylic acids is 1. The van der Waals surface area contributed by atoms with Gasteiger partial charge >= 0.3 is 0 Å². The molecule has 0 spiro atoms. The Balaban J connectivity index is 2.84. The summed E-state index contributed by atoms with van der Waals surface area (Å²) in [6, 6.07) is 6.19. The number of rotatable bonds is 4. The molecule has 1 aromatic carbocycles. The van der Waals surface area contributed by atoms with Gasteiger partial charge in [0.15, 0.2) is 0 Å². The van der Waals surface area contributed by atoms with Crippen LogP contribution in [0.4, 0.5) is 0 Å². The van der Waals surface area contributed by atoms with Crippen LogP contribution in [-0.2, 0) is 0 Å². The third kappa shape index (κ3) is 2.78. The van der Waals surface area contributed by atoms with E-state index in [1.807, 2.05) is 0 Å². The second-order valence-electron chi connectivity index (χ2n) is 2.59. The van der Waals surface area contributed by atoms with Crippen LogP contribution >= 0.6 is 11.6 Å². The molecule has 0 atom stereocenters. The summed E-state index contributed by atoms with van der Waals surface area (Å²) in [4.78, 5) is 10.6. The van der Waals surface area contributed by atoms with Crippen LogP contribution in [0.25, 0.3) is 0 Å². The van der Waals surface area contributed by atoms with Gasteiger partial charge in [-0.1, -0.05) is 30.3 Å². The Labute approximate surface area is 86.6 Å². The second kappa shape index (κ2) is 4.67. The van der Waals surface area contributed by atoms with E-state index in [0.29, 0.717) is 5.03 Å². The molecule has 4 heteroatoms. The van der Waals surface area contributed by atoms with Crippen LogP contribution in [0, 0.1) is 0 Å². The standard InChI is InChI=1S/C10H9ClO3/c1-7(11)6-14-9-5-3-2-4-8(9)10(12)13/h2-5H,1,6H2,(H,12,13)/p-1. The number of carbonyl (C=O) groups is 1. The van der Waals surface area contributed by atoms with Crippen molar-refractivity contribution in [3.63, 3.8) is 0 Å². The lowest BCUT2D eigenvalue weighted by molar-refractivity contribution is -0.255. The summed E-state index contributed by atoms with van der Waals surface area (Å²) in [6.07, 6.45) is 0. The SMILES string of the molecule is C=C(Cl)COc1ccccc1C(=O)[O-]. The molecule has 0 bridgehead atoms. The van der Waals surface area contributed by atoms with E-state index in [-0.39, 0.29) is 17.9 Å². The fraction of sp³-hybridized carbons (Fsp3) is 0.100. The number of benzene rings is 1. The third-order valence-electron chi connectivity index (χ3n) is 1.49. The largest absolute Gasteiger partial charge is 0.545 e. The van der Waals surface area contributed by atoms with Crippen LogP contribution in [0.5, 0.6) is 5.75 Å². The van der Waals surface area contributed by atoms with Crippen molar-refractivity contribution in [1.29, 1.82) is 0 Å². The quantitative estimate of drug-likeness (QED) is 0.752. The molecule has 14 heavy (non-hydrogen) atoms. The normalized spacial score (nSPS) is 9.50. The van der Waals surface area contributed by atoms with Crippen molar-refractivity contribution >= 4 is 17.6 Å². The maximum atomic E-state index is 10.6. The van der Waals surface area contributed by atoms with Gasteiger partial charge in [-0.05, 0) is 12.1 Å². The molecular weight excluding hydrogens is 204 g/mol. The highest BCUT2D eigenvalue weighted by molar-refractivity contribution is 6.29. The van der Waals surface area contributed by atoms with Gasteiger partial charge in [0.25, 0.3) is 0 Å². The van der Waals surface area contributed by atoms with Gasteiger partial charge in [-0.2, -0.15) is 0 Å². The zero-order chi connectivity index (χ0) is 10.6. The van der Waals surface area contributed by atoms with Gasteiger partial charge in [-0.3, -0.25) is 0 Å². The van der Waals surface area contributed by atoms with Crippen LogP contribution in [-0.4, -0.2) is 12.6 Å². The van der Waals surface area contributed by atoms with Crippen molar-refractivity contribution in [2.45, 2.75) is 0 Å².